The number of ketones is 1. The molecule has 0 atom stereocenters. The molecule has 6 heteroatoms. The van der Waals surface area contributed by atoms with Crippen molar-refractivity contribution in [2.24, 2.45) is 0 Å². The molecular formula is C17H14F3NO2. The third-order valence-electron chi connectivity index (χ3n) is 3.07. The highest BCUT2D eigenvalue weighted by atomic mass is 19.4. The van der Waals surface area contributed by atoms with Gasteiger partial charge in [-0.15, -0.1) is 0 Å². The zero-order chi connectivity index (χ0) is 16.9. The van der Waals surface area contributed by atoms with Crippen LogP contribution in [0.25, 0.3) is 5.70 Å². The molecule has 0 bridgehead atoms. The van der Waals surface area contributed by atoms with E-state index < -0.39 is 12.0 Å². The summed E-state index contributed by atoms with van der Waals surface area (Å²) in [6, 6.07) is 14.9. The highest BCUT2D eigenvalue weighted by Crippen LogP contribution is 2.25. The summed E-state index contributed by atoms with van der Waals surface area (Å²) in [5.74, 6) is -2.20. The molecule has 3 nitrogen and oxygen atoms in total. The van der Waals surface area contributed by atoms with Gasteiger partial charge in [0.25, 0.3) is 5.78 Å². The van der Waals surface area contributed by atoms with Gasteiger partial charge in [0.2, 0.25) is 0 Å². The van der Waals surface area contributed by atoms with E-state index in [1.165, 1.54) is 12.1 Å². The van der Waals surface area contributed by atoms with Crippen molar-refractivity contribution in [2.75, 3.05) is 0 Å². The summed E-state index contributed by atoms with van der Waals surface area (Å²) in [5, 5.41) is 12.6. The van der Waals surface area contributed by atoms with E-state index in [-0.39, 0.29) is 23.6 Å². The molecule has 0 saturated carbocycles. The SMILES string of the molecule is O=C(C=C(NCc1ccccc1)c1ccccc1O)C(F)(F)F. The van der Waals surface area contributed by atoms with Gasteiger partial charge in [0.1, 0.15) is 5.75 Å². The van der Waals surface area contributed by atoms with Crippen molar-refractivity contribution in [3.63, 3.8) is 0 Å². The van der Waals surface area contributed by atoms with Gasteiger partial charge in [0, 0.05) is 23.9 Å². The first-order chi connectivity index (χ1) is 10.9. The maximum Gasteiger partial charge on any atom is 0.454 e. The van der Waals surface area contributed by atoms with Crippen molar-refractivity contribution >= 4 is 11.5 Å². The molecule has 2 N–H and O–H groups in total. The predicted molar refractivity (Wildman–Crippen MR) is 80.4 cm³/mol. The lowest BCUT2D eigenvalue weighted by Crippen LogP contribution is -2.22. The molecule has 0 aliphatic heterocycles. The Labute approximate surface area is 131 Å². The third kappa shape index (κ3) is 4.60. The third-order valence-corrected chi connectivity index (χ3v) is 3.07. The molecule has 2 aromatic carbocycles. The van der Waals surface area contributed by atoms with E-state index in [0.717, 1.165) is 5.56 Å². The molecule has 0 fully saturated rings. The van der Waals surface area contributed by atoms with Gasteiger partial charge in [-0.25, -0.2) is 0 Å². The Kier molecular flexibility index (Phi) is 5.05. The van der Waals surface area contributed by atoms with Crippen molar-refractivity contribution < 1.29 is 23.1 Å². The molecule has 0 radical (unpaired) electrons. The van der Waals surface area contributed by atoms with Crippen molar-refractivity contribution in [3.8, 4) is 5.75 Å². The number of aromatic hydroxyl groups is 1. The summed E-state index contributed by atoms with van der Waals surface area (Å²) in [7, 11) is 0. The number of phenols is 1. The van der Waals surface area contributed by atoms with Crippen molar-refractivity contribution in [2.45, 2.75) is 12.7 Å². The second-order valence-corrected chi connectivity index (χ2v) is 4.78. The van der Waals surface area contributed by atoms with Crippen LogP contribution in [0.5, 0.6) is 5.75 Å². The fourth-order valence-electron chi connectivity index (χ4n) is 1.93. The number of phenolic OH excluding ortho intramolecular Hbond substituents is 1. The van der Waals surface area contributed by atoms with Gasteiger partial charge >= 0.3 is 6.18 Å². The first-order valence-electron chi connectivity index (χ1n) is 6.77. The Morgan fingerprint density at radius 2 is 1.65 bits per heavy atom. The quantitative estimate of drug-likeness (QED) is 0.827. The number of para-hydroxylation sites is 1. The average molecular weight is 321 g/mol. The molecule has 0 saturated heterocycles. The van der Waals surface area contributed by atoms with E-state index in [1.807, 2.05) is 6.07 Å². The van der Waals surface area contributed by atoms with Crippen LogP contribution >= 0.6 is 0 Å². The summed E-state index contributed by atoms with van der Waals surface area (Å²) in [6.07, 6.45) is -4.51. The second-order valence-electron chi connectivity index (χ2n) is 4.78. The molecule has 0 aliphatic carbocycles. The first-order valence-corrected chi connectivity index (χ1v) is 6.77. The van der Waals surface area contributed by atoms with Crippen LogP contribution in [0.4, 0.5) is 13.2 Å². The van der Waals surface area contributed by atoms with E-state index in [4.69, 9.17) is 0 Å². The van der Waals surface area contributed by atoms with Gasteiger partial charge in [-0.1, -0.05) is 42.5 Å². The molecule has 0 spiro atoms. The number of halogens is 3. The van der Waals surface area contributed by atoms with Crippen LogP contribution in [0.3, 0.4) is 0 Å². The minimum atomic E-state index is -4.97. The molecule has 120 valence electrons. The van der Waals surface area contributed by atoms with Gasteiger partial charge in [-0.3, -0.25) is 4.79 Å². The normalized spacial score (nSPS) is 12.0. The van der Waals surface area contributed by atoms with Crippen LogP contribution < -0.4 is 5.32 Å². The number of allylic oxidation sites excluding steroid dienone is 1. The van der Waals surface area contributed by atoms with Crippen LogP contribution in [0.2, 0.25) is 0 Å². The summed E-state index contributed by atoms with van der Waals surface area (Å²) < 4.78 is 37.5. The number of benzene rings is 2. The molecule has 0 aliphatic rings. The first kappa shape index (κ1) is 16.6. The van der Waals surface area contributed by atoms with E-state index in [0.29, 0.717) is 6.08 Å². The average Bonchev–Trinajstić information content (AvgIpc) is 2.52. The van der Waals surface area contributed by atoms with Crippen molar-refractivity contribution in [1.29, 1.82) is 0 Å². The summed E-state index contributed by atoms with van der Waals surface area (Å²) >= 11 is 0. The summed E-state index contributed by atoms with van der Waals surface area (Å²) in [5.41, 5.74) is 0.864. The highest BCUT2D eigenvalue weighted by molar-refractivity contribution is 6.00. The van der Waals surface area contributed by atoms with Gasteiger partial charge in [0.05, 0.1) is 0 Å². The van der Waals surface area contributed by atoms with E-state index in [2.05, 4.69) is 5.32 Å². The molecule has 0 amide bonds. The lowest BCUT2D eigenvalue weighted by molar-refractivity contribution is -0.165. The van der Waals surface area contributed by atoms with Gasteiger partial charge in [-0.05, 0) is 17.7 Å². The monoisotopic (exact) mass is 321 g/mol. The standard InChI is InChI=1S/C17H14F3NO2/c18-17(19,20)16(23)10-14(13-8-4-5-9-15(13)22)21-11-12-6-2-1-3-7-12/h1-10,21-22H,11H2. The summed E-state index contributed by atoms with van der Waals surface area (Å²) in [6.45, 7) is 0.214. The Bertz CT molecular complexity index is 709. The highest BCUT2D eigenvalue weighted by Gasteiger charge is 2.37. The Morgan fingerprint density at radius 1 is 1.04 bits per heavy atom. The minimum Gasteiger partial charge on any atom is -0.507 e. The van der Waals surface area contributed by atoms with Gasteiger partial charge in [0.15, 0.2) is 0 Å². The lowest BCUT2D eigenvalue weighted by Gasteiger charge is -2.13. The van der Waals surface area contributed by atoms with E-state index in [1.54, 1.807) is 36.4 Å². The predicted octanol–water partition coefficient (Wildman–Crippen LogP) is 3.65. The van der Waals surface area contributed by atoms with Crippen LogP contribution in [0, 0.1) is 0 Å². The number of alkyl halides is 3. The number of hydrogen-bond acceptors (Lipinski definition) is 3. The maximum atomic E-state index is 12.5. The number of nitrogens with one attached hydrogen (secondary N) is 1. The Balaban J connectivity index is 2.30. The number of rotatable bonds is 5. The van der Waals surface area contributed by atoms with Gasteiger partial charge < -0.3 is 10.4 Å². The zero-order valence-electron chi connectivity index (χ0n) is 12.0. The van der Waals surface area contributed by atoms with E-state index >= 15 is 0 Å². The van der Waals surface area contributed by atoms with Crippen LogP contribution in [-0.2, 0) is 11.3 Å². The molecule has 2 aromatic rings. The minimum absolute atomic E-state index is 0.0886. The fraction of sp³-hybridized carbons (Fsp3) is 0.118. The molecule has 0 unspecified atom stereocenters. The maximum absolute atomic E-state index is 12.5. The molecule has 0 aromatic heterocycles. The number of carbonyl (C=O) groups excluding carboxylic acids is 1. The summed E-state index contributed by atoms with van der Waals surface area (Å²) in [4.78, 5) is 11.2. The Morgan fingerprint density at radius 3 is 2.26 bits per heavy atom. The van der Waals surface area contributed by atoms with Crippen molar-refractivity contribution in [3.05, 3.63) is 71.8 Å². The van der Waals surface area contributed by atoms with E-state index in [9.17, 15) is 23.1 Å². The zero-order valence-corrected chi connectivity index (χ0v) is 12.0. The second kappa shape index (κ2) is 7.00. The topological polar surface area (TPSA) is 49.3 Å². The van der Waals surface area contributed by atoms with Gasteiger partial charge in [-0.2, -0.15) is 13.2 Å². The molecule has 0 heterocycles. The number of hydrogen-bond donors (Lipinski definition) is 2. The van der Waals surface area contributed by atoms with Crippen molar-refractivity contribution in [1.82, 2.24) is 5.32 Å². The smallest absolute Gasteiger partial charge is 0.454 e. The lowest BCUT2D eigenvalue weighted by atomic mass is 10.1. The fourth-order valence-corrected chi connectivity index (χ4v) is 1.93. The van der Waals surface area contributed by atoms with Crippen LogP contribution in [0.1, 0.15) is 11.1 Å². The van der Waals surface area contributed by atoms with Crippen LogP contribution in [0.15, 0.2) is 60.7 Å². The molecule has 2 rings (SSSR count). The molecular weight excluding hydrogens is 307 g/mol. The molecule has 23 heavy (non-hydrogen) atoms. The van der Waals surface area contributed by atoms with Crippen LogP contribution in [-0.4, -0.2) is 17.1 Å². The largest absolute Gasteiger partial charge is 0.507 e. The Hall–Kier alpha value is -2.76. The number of carbonyl (C=O) groups is 1.